The molecule has 31 heavy (non-hydrogen) atoms. The highest BCUT2D eigenvalue weighted by Gasteiger charge is 2.35. The molecule has 160 valence electrons. The van der Waals surface area contributed by atoms with Crippen LogP contribution in [-0.4, -0.2) is 47.5 Å². The van der Waals surface area contributed by atoms with Gasteiger partial charge in [0.2, 0.25) is 0 Å². The summed E-state index contributed by atoms with van der Waals surface area (Å²) in [6.45, 7) is -0.233. The minimum Gasteiger partial charge on any atom is -0.467 e. The van der Waals surface area contributed by atoms with Crippen molar-refractivity contribution in [1.29, 1.82) is 0 Å². The summed E-state index contributed by atoms with van der Waals surface area (Å²) in [5.74, 6) is -0.457. The van der Waals surface area contributed by atoms with E-state index in [4.69, 9.17) is 14.3 Å². The maximum Gasteiger partial charge on any atom is 0.340 e. The molecule has 0 radical (unpaired) electrons. The van der Waals surface area contributed by atoms with Crippen molar-refractivity contribution >= 4 is 34.6 Å². The van der Waals surface area contributed by atoms with Crippen LogP contribution in [0.4, 0.5) is 5.69 Å². The molecule has 9 heteroatoms. The fraction of sp³-hybridized carbons (Fsp3) is 0.227. The van der Waals surface area contributed by atoms with Gasteiger partial charge >= 0.3 is 5.97 Å². The summed E-state index contributed by atoms with van der Waals surface area (Å²) in [7, 11) is 0. The lowest BCUT2D eigenvalue weighted by atomic mass is 10.1. The molecule has 3 heterocycles. The van der Waals surface area contributed by atoms with E-state index in [0.717, 1.165) is 10.6 Å². The molecule has 1 atom stereocenters. The lowest BCUT2D eigenvalue weighted by Gasteiger charge is -2.19. The lowest BCUT2D eigenvalue weighted by Crippen LogP contribution is -2.31. The largest absolute Gasteiger partial charge is 0.467 e. The van der Waals surface area contributed by atoms with Crippen LogP contribution in [0.1, 0.15) is 33.5 Å². The standard InChI is InChI=1S/C22H21N3O5S/c26-10-9-23-16-6-2-1-5-15(16)22(28)30-14-21(27)25-18(19-7-3-11-29-19)13-17(24-25)20-8-4-12-31-20/h1-8,11-12,18,23,26H,9-10,13-14H2. The van der Waals surface area contributed by atoms with E-state index in [1.165, 1.54) is 5.01 Å². The molecule has 0 aliphatic carbocycles. The number of carbonyl (C=O) groups excluding carboxylic acids is 2. The van der Waals surface area contributed by atoms with Crippen LogP contribution in [0.2, 0.25) is 0 Å². The van der Waals surface area contributed by atoms with Gasteiger partial charge in [-0.1, -0.05) is 18.2 Å². The first-order valence-corrected chi connectivity index (χ1v) is 10.6. The van der Waals surface area contributed by atoms with Crippen molar-refractivity contribution in [3.63, 3.8) is 0 Å². The van der Waals surface area contributed by atoms with Gasteiger partial charge in [0.1, 0.15) is 11.8 Å². The topological polar surface area (TPSA) is 104 Å². The van der Waals surface area contributed by atoms with Crippen molar-refractivity contribution in [2.75, 3.05) is 25.1 Å². The Labute approximate surface area is 182 Å². The minimum absolute atomic E-state index is 0.0738. The first-order chi connectivity index (χ1) is 15.2. The summed E-state index contributed by atoms with van der Waals surface area (Å²) in [5.41, 5.74) is 1.60. The van der Waals surface area contributed by atoms with Crippen LogP contribution in [0.25, 0.3) is 0 Å². The Morgan fingerprint density at radius 3 is 2.84 bits per heavy atom. The summed E-state index contributed by atoms with van der Waals surface area (Å²) >= 11 is 1.55. The van der Waals surface area contributed by atoms with Gasteiger partial charge in [-0.3, -0.25) is 4.79 Å². The number of rotatable bonds is 8. The van der Waals surface area contributed by atoms with Gasteiger partial charge in [-0.2, -0.15) is 5.10 Å². The second-order valence-electron chi connectivity index (χ2n) is 6.77. The van der Waals surface area contributed by atoms with Crippen LogP contribution >= 0.6 is 11.3 Å². The molecule has 1 amide bonds. The second-order valence-corrected chi connectivity index (χ2v) is 7.72. The molecule has 1 unspecified atom stereocenters. The van der Waals surface area contributed by atoms with Crippen LogP contribution in [0.15, 0.2) is 69.7 Å². The smallest absolute Gasteiger partial charge is 0.340 e. The van der Waals surface area contributed by atoms with Crippen molar-refractivity contribution < 1.29 is 23.8 Å². The highest BCUT2D eigenvalue weighted by Crippen LogP contribution is 2.34. The normalized spacial score (nSPS) is 15.6. The Hall–Kier alpha value is -3.43. The van der Waals surface area contributed by atoms with Crippen LogP contribution in [0.3, 0.4) is 0 Å². The molecule has 1 aliphatic rings. The van der Waals surface area contributed by atoms with Gasteiger partial charge in [-0.05, 0) is 35.7 Å². The zero-order valence-corrected chi connectivity index (χ0v) is 17.4. The molecule has 0 saturated heterocycles. The average molecular weight is 439 g/mol. The molecule has 0 saturated carbocycles. The van der Waals surface area contributed by atoms with Crippen LogP contribution in [0.5, 0.6) is 0 Å². The zero-order chi connectivity index (χ0) is 21.6. The van der Waals surface area contributed by atoms with Crippen molar-refractivity contribution in [2.45, 2.75) is 12.5 Å². The summed E-state index contributed by atoms with van der Waals surface area (Å²) in [4.78, 5) is 26.5. The number of nitrogens with zero attached hydrogens (tertiary/aromatic N) is 2. The first kappa shape index (κ1) is 20.8. The zero-order valence-electron chi connectivity index (χ0n) is 16.6. The minimum atomic E-state index is -0.634. The summed E-state index contributed by atoms with van der Waals surface area (Å²) in [6, 6.07) is 13.8. The number of amides is 1. The number of hydrogen-bond donors (Lipinski definition) is 2. The molecule has 2 aromatic heterocycles. The number of thiophene rings is 1. The van der Waals surface area contributed by atoms with Gasteiger partial charge in [0, 0.05) is 18.7 Å². The molecule has 0 bridgehead atoms. The van der Waals surface area contributed by atoms with Crippen molar-refractivity contribution in [3.05, 3.63) is 76.4 Å². The Morgan fingerprint density at radius 1 is 1.23 bits per heavy atom. The molecule has 8 nitrogen and oxygen atoms in total. The van der Waals surface area contributed by atoms with Gasteiger partial charge < -0.3 is 19.6 Å². The average Bonchev–Trinajstić information content (AvgIpc) is 3.56. The molecule has 2 N–H and O–H groups in total. The van der Waals surface area contributed by atoms with E-state index in [1.807, 2.05) is 17.5 Å². The van der Waals surface area contributed by atoms with Crippen molar-refractivity contribution in [2.24, 2.45) is 5.10 Å². The van der Waals surface area contributed by atoms with Crippen molar-refractivity contribution in [1.82, 2.24) is 5.01 Å². The molecule has 3 aromatic rings. The number of para-hydroxylation sites is 1. The third kappa shape index (κ3) is 4.68. The Kier molecular flexibility index (Phi) is 6.44. The van der Waals surface area contributed by atoms with Gasteiger partial charge in [0.05, 0.1) is 29.0 Å². The van der Waals surface area contributed by atoms with Crippen molar-refractivity contribution in [3.8, 4) is 0 Å². The van der Waals surface area contributed by atoms with E-state index in [1.54, 1.807) is 54.0 Å². The monoisotopic (exact) mass is 439 g/mol. The Balaban J connectivity index is 1.47. The number of esters is 1. The number of nitrogens with one attached hydrogen (secondary N) is 1. The summed E-state index contributed by atoms with van der Waals surface area (Å²) < 4.78 is 10.8. The third-order valence-corrected chi connectivity index (χ3v) is 5.66. The van der Waals surface area contributed by atoms with E-state index >= 15 is 0 Å². The summed E-state index contributed by atoms with van der Waals surface area (Å²) in [6.07, 6.45) is 2.07. The second kappa shape index (κ2) is 9.59. The number of hydrogen-bond acceptors (Lipinski definition) is 8. The quantitative estimate of drug-likeness (QED) is 0.522. The van der Waals surface area contributed by atoms with Crippen LogP contribution in [-0.2, 0) is 9.53 Å². The molecular formula is C22H21N3O5S. The van der Waals surface area contributed by atoms with E-state index in [2.05, 4.69) is 10.4 Å². The Bertz CT molecular complexity index is 1060. The number of anilines is 1. The lowest BCUT2D eigenvalue weighted by molar-refractivity contribution is -0.136. The highest BCUT2D eigenvalue weighted by molar-refractivity contribution is 7.12. The van der Waals surface area contributed by atoms with E-state index in [9.17, 15) is 9.59 Å². The predicted molar refractivity (Wildman–Crippen MR) is 116 cm³/mol. The van der Waals surface area contributed by atoms with Gasteiger partial charge in [0.15, 0.2) is 6.61 Å². The van der Waals surface area contributed by atoms with Crippen LogP contribution < -0.4 is 5.32 Å². The van der Waals surface area contributed by atoms with E-state index in [-0.39, 0.29) is 12.2 Å². The highest BCUT2D eigenvalue weighted by atomic mass is 32.1. The molecule has 4 rings (SSSR count). The van der Waals surface area contributed by atoms with E-state index in [0.29, 0.717) is 24.4 Å². The number of benzene rings is 1. The van der Waals surface area contributed by atoms with E-state index < -0.39 is 24.5 Å². The first-order valence-electron chi connectivity index (χ1n) is 9.75. The number of aliphatic hydroxyl groups excluding tert-OH is 1. The number of carbonyl (C=O) groups is 2. The molecule has 0 spiro atoms. The van der Waals surface area contributed by atoms with Gasteiger partial charge in [-0.25, -0.2) is 9.80 Å². The van der Waals surface area contributed by atoms with Crippen LogP contribution in [0, 0.1) is 0 Å². The number of furan rings is 1. The third-order valence-electron chi connectivity index (χ3n) is 4.74. The van der Waals surface area contributed by atoms with Gasteiger partial charge in [-0.15, -0.1) is 11.3 Å². The predicted octanol–water partition coefficient (Wildman–Crippen LogP) is 3.28. The SMILES string of the molecule is O=C(OCC(=O)N1N=C(c2cccs2)CC1c1ccco1)c1ccccc1NCCO. The fourth-order valence-corrected chi connectivity index (χ4v) is 4.03. The maximum atomic E-state index is 12.9. The molecule has 1 aliphatic heterocycles. The number of ether oxygens (including phenoxy) is 1. The molecule has 0 fully saturated rings. The number of hydrazone groups is 1. The Morgan fingerprint density at radius 2 is 2.10 bits per heavy atom. The summed E-state index contributed by atoms with van der Waals surface area (Å²) in [5, 5.41) is 19.7. The number of aliphatic hydroxyl groups is 1. The van der Waals surface area contributed by atoms with Gasteiger partial charge in [0.25, 0.3) is 5.91 Å². The molecular weight excluding hydrogens is 418 g/mol. The molecule has 1 aromatic carbocycles. The maximum absolute atomic E-state index is 12.9. The fourth-order valence-electron chi connectivity index (χ4n) is 3.31.